The van der Waals surface area contributed by atoms with Crippen molar-refractivity contribution in [1.29, 1.82) is 0 Å². The standard InChI is InChI=1S/C18H14O.C4H6O2/c19-14-7-10-16-13(11-14)6-9-17-15-4-2-1-3-12(15)5-8-18(16)17;1-3(2)4(5)6/h1-6,8-9H,7,10-11H2;1H2,2H3,(H,5,6). The summed E-state index contributed by atoms with van der Waals surface area (Å²) in [6.45, 7) is 4.60. The molecule has 3 aromatic rings. The van der Waals surface area contributed by atoms with Gasteiger partial charge in [0.25, 0.3) is 0 Å². The van der Waals surface area contributed by atoms with Crippen LogP contribution in [0, 0.1) is 0 Å². The van der Waals surface area contributed by atoms with Gasteiger partial charge in [-0.1, -0.05) is 55.1 Å². The minimum Gasteiger partial charge on any atom is -0.478 e. The van der Waals surface area contributed by atoms with Crippen LogP contribution in [0.25, 0.3) is 21.5 Å². The van der Waals surface area contributed by atoms with Crippen molar-refractivity contribution < 1.29 is 14.7 Å². The second kappa shape index (κ2) is 6.89. The quantitative estimate of drug-likeness (QED) is 0.519. The maximum Gasteiger partial charge on any atom is 0.330 e. The molecular formula is C22H20O3. The maximum absolute atomic E-state index is 11.6. The number of hydrogen-bond acceptors (Lipinski definition) is 2. The lowest BCUT2D eigenvalue weighted by molar-refractivity contribution is -0.132. The molecule has 25 heavy (non-hydrogen) atoms. The number of carbonyl (C=O) groups excluding carboxylic acids is 1. The van der Waals surface area contributed by atoms with E-state index >= 15 is 0 Å². The van der Waals surface area contributed by atoms with E-state index in [2.05, 4.69) is 55.1 Å². The fourth-order valence-corrected chi connectivity index (χ4v) is 3.22. The van der Waals surface area contributed by atoms with Gasteiger partial charge in [0, 0.05) is 18.4 Å². The van der Waals surface area contributed by atoms with Gasteiger partial charge >= 0.3 is 5.97 Å². The number of carboxylic acid groups (broad SMARTS) is 1. The van der Waals surface area contributed by atoms with Gasteiger partial charge in [0.1, 0.15) is 5.78 Å². The summed E-state index contributed by atoms with van der Waals surface area (Å²) in [6, 6.07) is 17.2. The largest absolute Gasteiger partial charge is 0.478 e. The van der Waals surface area contributed by atoms with Crippen molar-refractivity contribution in [3.8, 4) is 0 Å². The summed E-state index contributed by atoms with van der Waals surface area (Å²) in [5.41, 5.74) is 2.77. The Kier molecular flexibility index (Phi) is 4.66. The van der Waals surface area contributed by atoms with E-state index in [1.807, 2.05) is 0 Å². The first-order valence-corrected chi connectivity index (χ1v) is 8.30. The van der Waals surface area contributed by atoms with E-state index in [4.69, 9.17) is 5.11 Å². The molecule has 0 aromatic heterocycles. The average Bonchev–Trinajstić information content (AvgIpc) is 2.61. The molecule has 0 saturated heterocycles. The van der Waals surface area contributed by atoms with Gasteiger partial charge < -0.3 is 5.11 Å². The van der Waals surface area contributed by atoms with Gasteiger partial charge in [0.05, 0.1) is 0 Å². The molecule has 0 radical (unpaired) electrons. The second-order valence-electron chi connectivity index (χ2n) is 6.39. The summed E-state index contributed by atoms with van der Waals surface area (Å²) < 4.78 is 0. The lowest BCUT2D eigenvalue weighted by Crippen LogP contribution is -2.13. The summed E-state index contributed by atoms with van der Waals surface area (Å²) in [6.07, 6.45) is 2.20. The molecule has 126 valence electrons. The second-order valence-corrected chi connectivity index (χ2v) is 6.39. The van der Waals surface area contributed by atoms with Gasteiger partial charge in [-0.2, -0.15) is 0 Å². The lowest BCUT2D eigenvalue weighted by atomic mass is 9.86. The smallest absolute Gasteiger partial charge is 0.330 e. The van der Waals surface area contributed by atoms with E-state index in [-0.39, 0.29) is 5.57 Å². The van der Waals surface area contributed by atoms with E-state index in [1.54, 1.807) is 0 Å². The number of aryl methyl sites for hydroxylation is 1. The van der Waals surface area contributed by atoms with Crippen LogP contribution in [0.5, 0.6) is 0 Å². The molecule has 1 aliphatic rings. The highest BCUT2D eigenvalue weighted by atomic mass is 16.4. The highest BCUT2D eigenvalue weighted by Crippen LogP contribution is 2.32. The van der Waals surface area contributed by atoms with Crippen LogP contribution in [0.3, 0.4) is 0 Å². The first-order chi connectivity index (χ1) is 12.0. The summed E-state index contributed by atoms with van der Waals surface area (Å²) in [7, 11) is 0. The first kappa shape index (κ1) is 16.9. The summed E-state index contributed by atoms with van der Waals surface area (Å²) in [5, 5.41) is 13.1. The maximum atomic E-state index is 11.6. The van der Waals surface area contributed by atoms with Crippen LogP contribution < -0.4 is 0 Å². The number of benzene rings is 3. The van der Waals surface area contributed by atoms with Crippen LogP contribution in [0.1, 0.15) is 24.5 Å². The van der Waals surface area contributed by atoms with Gasteiger partial charge in [0.2, 0.25) is 0 Å². The van der Waals surface area contributed by atoms with Crippen LogP contribution >= 0.6 is 0 Å². The SMILES string of the molecule is C=C(C)C(=O)O.O=C1CCc2c(ccc3c2ccc2ccccc23)C1. The zero-order valence-electron chi connectivity index (χ0n) is 14.2. The van der Waals surface area contributed by atoms with Crippen molar-refractivity contribution >= 4 is 33.3 Å². The predicted octanol–water partition coefficient (Wildman–Crippen LogP) is 4.70. The van der Waals surface area contributed by atoms with E-state index in [9.17, 15) is 9.59 Å². The van der Waals surface area contributed by atoms with Crippen molar-refractivity contribution in [3.63, 3.8) is 0 Å². The number of Topliss-reactive ketones (excluding diaryl/α,β-unsaturated/α-hetero) is 1. The molecule has 0 spiro atoms. The molecule has 1 N–H and O–H groups in total. The van der Waals surface area contributed by atoms with Crippen LogP contribution in [-0.4, -0.2) is 16.9 Å². The molecule has 0 atom stereocenters. The molecule has 0 amide bonds. The van der Waals surface area contributed by atoms with Crippen molar-refractivity contribution in [2.75, 3.05) is 0 Å². The van der Waals surface area contributed by atoms with E-state index in [0.717, 1.165) is 6.42 Å². The zero-order valence-corrected chi connectivity index (χ0v) is 14.2. The first-order valence-electron chi connectivity index (χ1n) is 8.30. The molecule has 0 saturated carbocycles. The van der Waals surface area contributed by atoms with Crippen LogP contribution in [0.4, 0.5) is 0 Å². The zero-order chi connectivity index (χ0) is 18.0. The van der Waals surface area contributed by atoms with Crippen LogP contribution in [0.15, 0.2) is 60.7 Å². The fourth-order valence-electron chi connectivity index (χ4n) is 3.22. The minimum atomic E-state index is -0.935. The molecule has 0 heterocycles. The van der Waals surface area contributed by atoms with Gasteiger partial charge in [-0.3, -0.25) is 4.79 Å². The average molecular weight is 332 g/mol. The third-order valence-electron chi connectivity index (χ3n) is 4.54. The predicted molar refractivity (Wildman–Crippen MR) is 101 cm³/mol. The Morgan fingerprint density at radius 2 is 1.64 bits per heavy atom. The number of rotatable bonds is 1. The van der Waals surface area contributed by atoms with E-state index in [0.29, 0.717) is 18.6 Å². The molecule has 0 aliphatic heterocycles. The summed E-state index contributed by atoms with van der Waals surface area (Å²) >= 11 is 0. The minimum absolute atomic E-state index is 0.176. The van der Waals surface area contributed by atoms with Crippen molar-refractivity contribution in [3.05, 3.63) is 71.8 Å². The van der Waals surface area contributed by atoms with Gasteiger partial charge in [-0.15, -0.1) is 0 Å². The summed E-state index contributed by atoms with van der Waals surface area (Å²) in [4.78, 5) is 21.2. The Labute approximate surface area is 146 Å². The van der Waals surface area contributed by atoms with E-state index < -0.39 is 5.97 Å². The molecule has 4 rings (SSSR count). The molecular weight excluding hydrogens is 312 g/mol. The Morgan fingerprint density at radius 3 is 2.36 bits per heavy atom. The third-order valence-corrected chi connectivity index (χ3v) is 4.54. The monoisotopic (exact) mass is 332 g/mol. The Morgan fingerprint density at radius 1 is 0.960 bits per heavy atom. The van der Waals surface area contributed by atoms with Crippen molar-refractivity contribution in [2.45, 2.75) is 26.2 Å². The lowest BCUT2D eigenvalue weighted by Gasteiger charge is -2.18. The highest BCUT2D eigenvalue weighted by molar-refractivity contribution is 6.09. The van der Waals surface area contributed by atoms with Crippen molar-refractivity contribution in [1.82, 2.24) is 0 Å². The molecule has 3 aromatic carbocycles. The van der Waals surface area contributed by atoms with Gasteiger partial charge in [-0.05, 0) is 46.0 Å². The number of aliphatic carboxylic acids is 1. The van der Waals surface area contributed by atoms with E-state index in [1.165, 1.54) is 39.6 Å². The molecule has 0 fully saturated rings. The molecule has 3 nitrogen and oxygen atoms in total. The Hall–Kier alpha value is -2.94. The number of ketones is 1. The molecule has 0 bridgehead atoms. The normalized spacial score (nSPS) is 13.1. The van der Waals surface area contributed by atoms with Gasteiger partial charge in [-0.25, -0.2) is 4.79 Å². The van der Waals surface area contributed by atoms with Crippen molar-refractivity contribution in [2.24, 2.45) is 0 Å². The number of carbonyl (C=O) groups is 2. The molecule has 0 unspecified atom stereocenters. The van der Waals surface area contributed by atoms with Crippen LogP contribution in [-0.2, 0) is 22.4 Å². The summed E-state index contributed by atoms with van der Waals surface area (Å²) in [5.74, 6) is -0.567. The van der Waals surface area contributed by atoms with Crippen LogP contribution in [0.2, 0.25) is 0 Å². The topological polar surface area (TPSA) is 54.4 Å². The fraction of sp³-hybridized carbons (Fsp3) is 0.182. The number of fused-ring (bicyclic) bond motifs is 5. The highest BCUT2D eigenvalue weighted by Gasteiger charge is 2.17. The Balaban J connectivity index is 0.000000265. The van der Waals surface area contributed by atoms with Gasteiger partial charge in [0.15, 0.2) is 0 Å². The Bertz CT molecular complexity index is 987. The third kappa shape index (κ3) is 3.45. The molecule has 1 aliphatic carbocycles. The number of carboxylic acids is 1. The number of hydrogen-bond donors (Lipinski definition) is 1. The molecule has 3 heteroatoms.